The van der Waals surface area contributed by atoms with Crippen molar-refractivity contribution in [1.82, 2.24) is 10.6 Å². The van der Waals surface area contributed by atoms with Crippen LogP contribution in [0.4, 0.5) is 4.79 Å². The average Bonchev–Trinajstić information content (AvgIpc) is 2.58. The number of amides is 3. The zero-order valence-electron chi connectivity index (χ0n) is 19.0. The third-order valence-electron chi connectivity index (χ3n) is 3.74. The second-order valence-corrected chi connectivity index (χ2v) is 9.14. The van der Waals surface area contributed by atoms with Gasteiger partial charge in [-0.2, -0.15) is 0 Å². The van der Waals surface area contributed by atoms with E-state index in [-0.39, 0.29) is 6.42 Å². The van der Waals surface area contributed by atoms with Crippen LogP contribution in [-0.2, 0) is 30.3 Å². The second kappa shape index (κ2) is 10.8. The van der Waals surface area contributed by atoms with Gasteiger partial charge in [-0.15, -0.1) is 0 Å². The minimum Gasteiger partial charge on any atom is -0.460 e. The Hall–Kier alpha value is -3.10. The van der Waals surface area contributed by atoms with E-state index in [2.05, 4.69) is 10.6 Å². The number of rotatable bonds is 8. The lowest BCUT2D eigenvalue weighted by Crippen LogP contribution is -2.54. The fourth-order valence-electron chi connectivity index (χ4n) is 2.55. The molecule has 1 aromatic rings. The normalized spacial score (nSPS) is 13.5. The molecule has 0 aliphatic carbocycles. The van der Waals surface area contributed by atoms with Crippen molar-refractivity contribution in [2.24, 2.45) is 5.73 Å². The number of nitrogens with one attached hydrogen (secondary N) is 2. The summed E-state index contributed by atoms with van der Waals surface area (Å²) in [6.07, 6.45) is -1.16. The predicted octanol–water partition coefficient (Wildman–Crippen LogP) is 1.82. The van der Waals surface area contributed by atoms with Crippen molar-refractivity contribution in [2.45, 2.75) is 77.7 Å². The van der Waals surface area contributed by atoms with Gasteiger partial charge in [0.05, 0.1) is 6.42 Å². The van der Waals surface area contributed by atoms with E-state index in [1.807, 2.05) is 6.07 Å². The summed E-state index contributed by atoms with van der Waals surface area (Å²) in [4.78, 5) is 49.2. The quantitative estimate of drug-likeness (QED) is 0.533. The molecule has 0 radical (unpaired) electrons. The summed E-state index contributed by atoms with van der Waals surface area (Å²) < 4.78 is 10.4. The number of hydrogen-bond acceptors (Lipinski definition) is 6. The minimum atomic E-state index is -1.32. The van der Waals surface area contributed by atoms with Crippen LogP contribution in [0.3, 0.4) is 0 Å². The van der Waals surface area contributed by atoms with Crippen LogP contribution < -0.4 is 16.4 Å². The van der Waals surface area contributed by atoms with Gasteiger partial charge >= 0.3 is 12.1 Å². The highest BCUT2D eigenvalue weighted by atomic mass is 16.6. The first-order chi connectivity index (χ1) is 14.2. The molecular formula is C22H33N3O6. The summed E-state index contributed by atoms with van der Waals surface area (Å²) >= 11 is 0. The molecule has 0 bridgehead atoms. The van der Waals surface area contributed by atoms with Crippen molar-refractivity contribution in [3.05, 3.63) is 35.9 Å². The highest BCUT2D eigenvalue weighted by molar-refractivity contribution is 5.93. The molecule has 2 atom stereocenters. The molecule has 0 saturated carbocycles. The monoisotopic (exact) mass is 435 g/mol. The molecule has 31 heavy (non-hydrogen) atoms. The first kappa shape index (κ1) is 25.9. The van der Waals surface area contributed by atoms with Crippen molar-refractivity contribution < 1.29 is 28.7 Å². The van der Waals surface area contributed by atoms with E-state index in [1.165, 1.54) is 0 Å². The molecule has 4 N–H and O–H groups in total. The first-order valence-corrected chi connectivity index (χ1v) is 10.0. The molecule has 3 amide bonds. The van der Waals surface area contributed by atoms with Crippen LogP contribution in [0.1, 0.15) is 53.5 Å². The Morgan fingerprint density at radius 2 is 1.42 bits per heavy atom. The molecule has 1 aromatic carbocycles. The van der Waals surface area contributed by atoms with E-state index in [1.54, 1.807) is 65.8 Å². The smallest absolute Gasteiger partial charge is 0.408 e. The Morgan fingerprint density at radius 3 is 1.90 bits per heavy atom. The van der Waals surface area contributed by atoms with Gasteiger partial charge in [0, 0.05) is 6.42 Å². The van der Waals surface area contributed by atoms with E-state index in [9.17, 15) is 19.2 Å². The Kier molecular flexibility index (Phi) is 9.02. The SMILES string of the molecule is CC(C)(C)OC(=O)CC(NC(=O)OC(C)(C)C)C(=O)NC(Cc1ccccc1)C(N)=O. The number of alkyl carbamates (subject to hydrolysis) is 1. The molecule has 0 aliphatic heterocycles. The number of carbonyl (C=O) groups is 4. The van der Waals surface area contributed by atoms with Gasteiger partial charge in [0.15, 0.2) is 0 Å². The Labute approximate surface area is 183 Å². The minimum absolute atomic E-state index is 0.160. The van der Waals surface area contributed by atoms with E-state index in [4.69, 9.17) is 15.2 Å². The summed E-state index contributed by atoms with van der Waals surface area (Å²) in [7, 11) is 0. The van der Waals surface area contributed by atoms with Gasteiger partial charge in [-0.1, -0.05) is 30.3 Å². The molecule has 0 aliphatic rings. The molecular weight excluding hydrogens is 402 g/mol. The molecule has 0 aromatic heterocycles. The second-order valence-electron chi connectivity index (χ2n) is 9.14. The number of carbonyl (C=O) groups excluding carboxylic acids is 4. The van der Waals surface area contributed by atoms with Gasteiger partial charge in [-0.25, -0.2) is 4.79 Å². The summed E-state index contributed by atoms with van der Waals surface area (Å²) in [6, 6.07) is 6.65. The first-order valence-electron chi connectivity index (χ1n) is 10.0. The van der Waals surface area contributed by atoms with E-state index < -0.39 is 53.6 Å². The maximum atomic E-state index is 12.9. The van der Waals surface area contributed by atoms with Crippen molar-refractivity contribution in [3.63, 3.8) is 0 Å². The zero-order chi connectivity index (χ0) is 23.8. The summed E-state index contributed by atoms with van der Waals surface area (Å²) in [6.45, 7) is 10.0. The Balaban J connectivity index is 2.96. The van der Waals surface area contributed by atoms with Crippen LogP contribution >= 0.6 is 0 Å². The predicted molar refractivity (Wildman–Crippen MR) is 115 cm³/mol. The van der Waals surface area contributed by atoms with E-state index >= 15 is 0 Å². The molecule has 2 unspecified atom stereocenters. The largest absolute Gasteiger partial charge is 0.460 e. The number of hydrogen-bond donors (Lipinski definition) is 3. The van der Waals surface area contributed by atoms with Gasteiger partial charge in [-0.3, -0.25) is 14.4 Å². The van der Waals surface area contributed by atoms with E-state index in [0.717, 1.165) is 5.56 Å². The molecule has 1 rings (SSSR count). The van der Waals surface area contributed by atoms with Gasteiger partial charge in [-0.05, 0) is 47.1 Å². The van der Waals surface area contributed by atoms with Gasteiger partial charge in [0.2, 0.25) is 11.8 Å². The van der Waals surface area contributed by atoms with Crippen molar-refractivity contribution in [1.29, 1.82) is 0 Å². The third-order valence-corrected chi connectivity index (χ3v) is 3.74. The maximum Gasteiger partial charge on any atom is 0.408 e. The maximum absolute atomic E-state index is 12.9. The Morgan fingerprint density at radius 1 is 0.871 bits per heavy atom. The van der Waals surface area contributed by atoms with Crippen LogP contribution in [-0.4, -0.2) is 47.2 Å². The van der Waals surface area contributed by atoms with Crippen LogP contribution in [0.15, 0.2) is 30.3 Å². The van der Waals surface area contributed by atoms with Crippen molar-refractivity contribution in [3.8, 4) is 0 Å². The molecule has 0 fully saturated rings. The fraction of sp³-hybridized carbons (Fsp3) is 0.545. The average molecular weight is 436 g/mol. The number of benzene rings is 1. The van der Waals surface area contributed by atoms with E-state index in [0.29, 0.717) is 0 Å². The topological polar surface area (TPSA) is 137 Å². The Bertz CT molecular complexity index is 751. The number of primary amides is 1. The highest BCUT2D eigenvalue weighted by Crippen LogP contribution is 2.12. The summed E-state index contributed by atoms with van der Waals surface area (Å²) in [5, 5.41) is 4.88. The molecule has 172 valence electrons. The molecule has 9 nitrogen and oxygen atoms in total. The summed E-state index contributed by atoms with van der Waals surface area (Å²) in [5.41, 5.74) is 4.66. The number of ether oxygens (including phenoxy) is 2. The van der Waals surface area contributed by atoms with Crippen molar-refractivity contribution in [2.75, 3.05) is 0 Å². The lowest BCUT2D eigenvalue weighted by Gasteiger charge is -2.25. The standard InChI is InChI=1S/C22H33N3O6/c1-21(2,3)30-17(26)13-16(25-20(29)31-22(4,5)6)19(28)24-15(18(23)27)12-14-10-8-7-9-11-14/h7-11,15-16H,12-13H2,1-6H3,(H2,23,27)(H,24,28)(H,25,29). The highest BCUT2D eigenvalue weighted by Gasteiger charge is 2.31. The molecule has 0 heterocycles. The van der Waals surface area contributed by atoms with Gasteiger partial charge < -0.3 is 25.8 Å². The number of esters is 1. The fourth-order valence-corrected chi connectivity index (χ4v) is 2.55. The summed E-state index contributed by atoms with van der Waals surface area (Å²) in [5.74, 6) is -2.19. The van der Waals surface area contributed by atoms with Crippen LogP contribution in [0, 0.1) is 0 Å². The van der Waals surface area contributed by atoms with Crippen molar-refractivity contribution >= 4 is 23.9 Å². The zero-order valence-corrected chi connectivity index (χ0v) is 19.0. The van der Waals surface area contributed by atoms with Crippen LogP contribution in [0.5, 0.6) is 0 Å². The van der Waals surface area contributed by atoms with Gasteiger partial charge in [0.25, 0.3) is 0 Å². The third kappa shape index (κ3) is 11.0. The van der Waals surface area contributed by atoms with Gasteiger partial charge in [0.1, 0.15) is 23.3 Å². The number of nitrogens with two attached hydrogens (primary N) is 1. The molecule has 9 heteroatoms. The van der Waals surface area contributed by atoms with Crippen LogP contribution in [0.2, 0.25) is 0 Å². The molecule has 0 saturated heterocycles. The van der Waals surface area contributed by atoms with Crippen LogP contribution in [0.25, 0.3) is 0 Å². The molecule has 0 spiro atoms. The lowest BCUT2D eigenvalue weighted by molar-refractivity contribution is -0.156. The lowest BCUT2D eigenvalue weighted by atomic mass is 10.0.